The quantitative estimate of drug-likeness (QED) is 0.832. The summed E-state index contributed by atoms with van der Waals surface area (Å²) in [6, 6.07) is 2.90. The van der Waals surface area contributed by atoms with Crippen LogP contribution in [0.1, 0.15) is 48.6 Å². The van der Waals surface area contributed by atoms with Gasteiger partial charge in [0.15, 0.2) is 0 Å². The minimum absolute atomic E-state index is 0.539. The second-order valence-electron chi connectivity index (χ2n) is 5.74. The van der Waals surface area contributed by atoms with E-state index in [2.05, 4.69) is 46.0 Å². The number of rotatable bonds is 4. The van der Waals surface area contributed by atoms with E-state index in [-0.39, 0.29) is 0 Å². The van der Waals surface area contributed by atoms with Crippen LogP contribution in [0, 0.1) is 25.2 Å². The van der Waals surface area contributed by atoms with Crippen molar-refractivity contribution in [2.24, 2.45) is 11.3 Å². The molecule has 1 aliphatic rings. The summed E-state index contributed by atoms with van der Waals surface area (Å²) in [5.41, 5.74) is 2.01. The van der Waals surface area contributed by atoms with Crippen LogP contribution in [0.3, 0.4) is 0 Å². The SMILES string of the molecule is CCNC(c1sc(C)cc1C)C1CC1(C)C. The van der Waals surface area contributed by atoms with Crippen molar-refractivity contribution < 1.29 is 0 Å². The lowest BCUT2D eigenvalue weighted by atomic mass is 10.0. The zero-order valence-electron chi connectivity index (χ0n) is 11.1. The molecule has 1 heterocycles. The fourth-order valence-electron chi connectivity index (χ4n) is 2.68. The van der Waals surface area contributed by atoms with Crippen molar-refractivity contribution in [3.63, 3.8) is 0 Å². The van der Waals surface area contributed by atoms with Crippen molar-refractivity contribution in [2.45, 2.75) is 47.1 Å². The molecule has 0 spiro atoms. The lowest BCUT2D eigenvalue weighted by Crippen LogP contribution is -2.24. The molecule has 90 valence electrons. The fourth-order valence-corrected chi connectivity index (χ4v) is 3.86. The minimum atomic E-state index is 0.539. The molecule has 0 aliphatic heterocycles. The monoisotopic (exact) mass is 237 g/mol. The number of hydrogen-bond acceptors (Lipinski definition) is 2. The average Bonchev–Trinajstić information content (AvgIpc) is 2.66. The molecule has 0 saturated heterocycles. The highest BCUT2D eigenvalue weighted by atomic mass is 32.1. The lowest BCUT2D eigenvalue weighted by molar-refractivity contribution is 0.427. The van der Waals surface area contributed by atoms with E-state index in [9.17, 15) is 0 Å². The van der Waals surface area contributed by atoms with Crippen molar-refractivity contribution in [1.82, 2.24) is 5.32 Å². The second-order valence-corrected chi connectivity index (χ2v) is 7.03. The van der Waals surface area contributed by atoms with Gasteiger partial charge in [-0.1, -0.05) is 20.8 Å². The van der Waals surface area contributed by atoms with E-state index in [1.165, 1.54) is 16.9 Å². The van der Waals surface area contributed by atoms with E-state index in [0.717, 1.165) is 12.5 Å². The van der Waals surface area contributed by atoms with Gasteiger partial charge in [0.2, 0.25) is 0 Å². The molecule has 1 N–H and O–H groups in total. The average molecular weight is 237 g/mol. The van der Waals surface area contributed by atoms with Crippen LogP contribution in [0.4, 0.5) is 0 Å². The Morgan fingerprint density at radius 2 is 2.12 bits per heavy atom. The van der Waals surface area contributed by atoms with Crippen molar-refractivity contribution in [3.8, 4) is 0 Å². The molecule has 1 aromatic rings. The molecule has 1 fully saturated rings. The summed E-state index contributed by atoms with van der Waals surface area (Å²) in [4.78, 5) is 3.00. The summed E-state index contributed by atoms with van der Waals surface area (Å²) in [5, 5.41) is 3.68. The zero-order chi connectivity index (χ0) is 11.9. The van der Waals surface area contributed by atoms with Gasteiger partial charge in [-0.25, -0.2) is 0 Å². The topological polar surface area (TPSA) is 12.0 Å². The highest BCUT2D eigenvalue weighted by Gasteiger charge is 2.50. The third kappa shape index (κ3) is 2.18. The summed E-state index contributed by atoms with van der Waals surface area (Å²) in [5.74, 6) is 0.823. The van der Waals surface area contributed by atoms with Gasteiger partial charge in [-0.05, 0) is 49.8 Å². The van der Waals surface area contributed by atoms with Crippen LogP contribution in [0.15, 0.2) is 6.07 Å². The van der Waals surface area contributed by atoms with Crippen molar-refractivity contribution in [2.75, 3.05) is 6.54 Å². The van der Waals surface area contributed by atoms with Gasteiger partial charge < -0.3 is 5.32 Å². The van der Waals surface area contributed by atoms with Crippen LogP contribution >= 0.6 is 11.3 Å². The maximum Gasteiger partial charge on any atom is 0.0451 e. The summed E-state index contributed by atoms with van der Waals surface area (Å²) in [7, 11) is 0. The third-order valence-corrected chi connectivity index (χ3v) is 5.01. The van der Waals surface area contributed by atoms with E-state index in [0.29, 0.717) is 11.5 Å². The summed E-state index contributed by atoms with van der Waals surface area (Å²) >= 11 is 1.97. The largest absolute Gasteiger partial charge is 0.309 e. The second kappa shape index (κ2) is 4.15. The van der Waals surface area contributed by atoms with Gasteiger partial charge in [0.05, 0.1) is 0 Å². The maximum atomic E-state index is 3.68. The third-order valence-electron chi connectivity index (χ3n) is 3.78. The number of hydrogen-bond donors (Lipinski definition) is 1. The van der Waals surface area contributed by atoms with Crippen LogP contribution in [0.2, 0.25) is 0 Å². The van der Waals surface area contributed by atoms with E-state index in [4.69, 9.17) is 0 Å². The van der Waals surface area contributed by atoms with Crippen molar-refractivity contribution >= 4 is 11.3 Å². The van der Waals surface area contributed by atoms with Gasteiger partial charge in [0.25, 0.3) is 0 Å². The fraction of sp³-hybridized carbons (Fsp3) is 0.714. The normalized spacial score (nSPS) is 24.4. The molecule has 16 heavy (non-hydrogen) atoms. The lowest BCUT2D eigenvalue weighted by Gasteiger charge is -2.19. The Morgan fingerprint density at radius 1 is 1.50 bits per heavy atom. The summed E-state index contributed by atoms with van der Waals surface area (Å²) in [6.07, 6.45) is 1.36. The molecule has 1 saturated carbocycles. The molecule has 0 radical (unpaired) electrons. The van der Waals surface area contributed by atoms with Gasteiger partial charge in [0, 0.05) is 15.8 Å². The highest BCUT2D eigenvalue weighted by molar-refractivity contribution is 7.12. The van der Waals surface area contributed by atoms with E-state index < -0.39 is 0 Å². The first-order valence-corrected chi connectivity index (χ1v) is 7.07. The van der Waals surface area contributed by atoms with Crippen LogP contribution < -0.4 is 5.32 Å². The Balaban J connectivity index is 2.23. The molecular formula is C14H23NS. The maximum absolute atomic E-state index is 3.68. The summed E-state index contributed by atoms with van der Waals surface area (Å²) < 4.78 is 0. The Hall–Kier alpha value is -0.340. The molecule has 1 aromatic heterocycles. The number of aryl methyl sites for hydroxylation is 2. The molecule has 1 nitrogen and oxygen atoms in total. The standard InChI is InChI=1S/C14H23NS/c1-6-15-12(11-8-14(11,4)5)13-9(2)7-10(3)16-13/h7,11-12,15H,6,8H2,1-5H3. The molecule has 2 heteroatoms. The van der Waals surface area contributed by atoms with Gasteiger partial charge in [-0.15, -0.1) is 11.3 Å². The number of nitrogens with one attached hydrogen (secondary N) is 1. The van der Waals surface area contributed by atoms with Crippen LogP contribution in [-0.4, -0.2) is 6.54 Å². The Bertz CT molecular complexity index is 378. The van der Waals surface area contributed by atoms with Crippen molar-refractivity contribution in [1.29, 1.82) is 0 Å². The van der Waals surface area contributed by atoms with Gasteiger partial charge >= 0.3 is 0 Å². The Labute approximate surface area is 103 Å². The molecule has 1 aliphatic carbocycles. The van der Waals surface area contributed by atoms with Crippen LogP contribution in [0.25, 0.3) is 0 Å². The first-order chi connectivity index (χ1) is 7.45. The predicted octanol–water partition coefficient (Wildman–Crippen LogP) is 4.06. The predicted molar refractivity (Wildman–Crippen MR) is 72.1 cm³/mol. The molecule has 2 unspecified atom stereocenters. The van der Waals surface area contributed by atoms with Crippen molar-refractivity contribution in [3.05, 3.63) is 21.4 Å². The van der Waals surface area contributed by atoms with Gasteiger partial charge in [-0.3, -0.25) is 0 Å². The number of thiophene rings is 1. The Morgan fingerprint density at radius 3 is 2.50 bits per heavy atom. The molecule has 2 rings (SSSR count). The Kier molecular flexibility index (Phi) is 3.15. The smallest absolute Gasteiger partial charge is 0.0451 e. The first-order valence-electron chi connectivity index (χ1n) is 6.26. The minimum Gasteiger partial charge on any atom is -0.309 e. The van der Waals surface area contributed by atoms with E-state index in [1.54, 1.807) is 4.88 Å². The van der Waals surface area contributed by atoms with Gasteiger partial charge in [-0.2, -0.15) is 0 Å². The molecule has 0 amide bonds. The first kappa shape index (κ1) is 12.1. The highest BCUT2D eigenvalue weighted by Crippen LogP contribution is 2.58. The summed E-state index contributed by atoms with van der Waals surface area (Å²) in [6.45, 7) is 12.5. The van der Waals surface area contributed by atoms with Crippen LogP contribution in [0.5, 0.6) is 0 Å². The van der Waals surface area contributed by atoms with Gasteiger partial charge in [0.1, 0.15) is 0 Å². The van der Waals surface area contributed by atoms with Crippen LogP contribution in [-0.2, 0) is 0 Å². The zero-order valence-corrected chi connectivity index (χ0v) is 11.9. The van der Waals surface area contributed by atoms with E-state index >= 15 is 0 Å². The molecular weight excluding hydrogens is 214 g/mol. The molecule has 0 bridgehead atoms. The van der Waals surface area contributed by atoms with E-state index in [1.807, 2.05) is 11.3 Å². The molecule has 2 atom stereocenters. The molecule has 0 aromatic carbocycles.